The van der Waals surface area contributed by atoms with E-state index in [-0.39, 0.29) is 13.0 Å². The van der Waals surface area contributed by atoms with Gasteiger partial charge in [0.1, 0.15) is 0 Å². The van der Waals surface area contributed by atoms with Crippen LogP contribution in [0.4, 0.5) is 0 Å². The molecule has 0 aromatic rings. The summed E-state index contributed by atoms with van der Waals surface area (Å²) in [5.74, 6) is 0. The van der Waals surface area contributed by atoms with Gasteiger partial charge in [-0.1, -0.05) is 5.11 Å². The molecule has 14 heteroatoms. The highest BCUT2D eigenvalue weighted by molar-refractivity contribution is 7.81. The van der Waals surface area contributed by atoms with Crippen molar-refractivity contribution in [2.75, 3.05) is 13.2 Å². The normalized spacial score (nSPS) is 27.8. The molecule has 1 saturated heterocycles. The van der Waals surface area contributed by atoms with Crippen molar-refractivity contribution in [2.24, 2.45) is 5.11 Å². The molecule has 1 rings (SSSR count). The quantitative estimate of drug-likeness (QED) is 0.278. The van der Waals surface area contributed by atoms with Crippen molar-refractivity contribution in [2.45, 2.75) is 24.7 Å². The Hall–Kier alpha value is -0.990. The summed E-state index contributed by atoms with van der Waals surface area (Å²) in [7, 11) is -9.46. The minimum atomic E-state index is -4.79. The van der Waals surface area contributed by atoms with Gasteiger partial charge >= 0.3 is 20.8 Å². The first-order valence-corrected chi connectivity index (χ1v) is 7.77. The summed E-state index contributed by atoms with van der Waals surface area (Å²) in [6.45, 7) is -0.864. The van der Waals surface area contributed by atoms with Crippen LogP contribution in [0.15, 0.2) is 5.11 Å². The monoisotopic (exact) mass is 333 g/mol. The average Bonchev–Trinajstić information content (AvgIpc) is 2.26. The summed E-state index contributed by atoms with van der Waals surface area (Å²) < 4.78 is 72.6. The Morgan fingerprint density at radius 2 is 1.95 bits per heavy atom. The molecule has 0 saturated carbocycles. The molecule has 1 heterocycles. The summed E-state index contributed by atoms with van der Waals surface area (Å²) >= 11 is 0. The van der Waals surface area contributed by atoms with E-state index in [1.54, 1.807) is 0 Å². The summed E-state index contributed by atoms with van der Waals surface area (Å²) in [6.07, 6.45) is -2.42. The number of hydrogen-bond donors (Lipinski definition) is 2. The van der Waals surface area contributed by atoms with Gasteiger partial charge in [0.25, 0.3) is 0 Å². The lowest BCUT2D eigenvalue weighted by atomic mass is 10.0. The van der Waals surface area contributed by atoms with Gasteiger partial charge in [0.15, 0.2) is 0 Å². The topological polar surface area (TPSA) is 185 Å². The van der Waals surface area contributed by atoms with Crippen molar-refractivity contribution in [3.8, 4) is 0 Å². The molecular weight excluding hydrogens is 322 g/mol. The fourth-order valence-electron chi connectivity index (χ4n) is 1.54. The molecule has 0 bridgehead atoms. The maximum atomic E-state index is 10.7. The van der Waals surface area contributed by atoms with Crippen LogP contribution in [-0.2, 0) is 33.9 Å². The SMILES string of the molecule is [N-]=[N+]=NC1COC(COS(=O)(=O)O)CC1OS(=O)(=O)O. The second-order valence-electron chi connectivity index (χ2n) is 3.74. The van der Waals surface area contributed by atoms with Crippen molar-refractivity contribution in [1.82, 2.24) is 0 Å². The molecule has 1 fully saturated rings. The number of nitrogens with zero attached hydrogens (tertiary/aromatic N) is 3. The van der Waals surface area contributed by atoms with Gasteiger partial charge in [-0.05, 0) is 5.53 Å². The molecule has 3 atom stereocenters. The van der Waals surface area contributed by atoms with E-state index < -0.39 is 45.7 Å². The van der Waals surface area contributed by atoms with Crippen LogP contribution in [0.3, 0.4) is 0 Å². The van der Waals surface area contributed by atoms with Crippen LogP contribution in [-0.4, -0.2) is 57.4 Å². The van der Waals surface area contributed by atoms with Crippen LogP contribution in [0.2, 0.25) is 0 Å². The molecule has 0 aromatic carbocycles. The lowest BCUT2D eigenvalue weighted by molar-refractivity contribution is -0.0649. The summed E-state index contributed by atoms with van der Waals surface area (Å²) in [5, 5.41) is 3.24. The van der Waals surface area contributed by atoms with Crippen LogP contribution in [0.5, 0.6) is 0 Å². The summed E-state index contributed by atoms with van der Waals surface area (Å²) in [6, 6.07) is -1.02. The number of rotatable bonds is 6. The zero-order valence-electron chi connectivity index (χ0n) is 9.76. The van der Waals surface area contributed by atoms with Crippen molar-refractivity contribution in [3.63, 3.8) is 0 Å². The maximum absolute atomic E-state index is 10.7. The Balaban J connectivity index is 2.72. The molecule has 12 nitrogen and oxygen atoms in total. The molecule has 1 aliphatic heterocycles. The van der Waals surface area contributed by atoms with Crippen molar-refractivity contribution >= 4 is 20.8 Å². The first-order chi connectivity index (χ1) is 9.11. The third kappa shape index (κ3) is 6.44. The Bertz CT molecular complexity index is 581. The largest absolute Gasteiger partial charge is 0.397 e. The molecular formula is C6H11N3O9S2. The Morgan fingerprint density at radius 3 is 2.45 bits per heavy atom. The highest BCUT2D eigenvalue weighted by Gasteiger charge is 2.35. The van der Waals surface area contributed by atoms with E-state index in [0.29, 0.717) is 0 Å². The Kier molecular flexibility index (Phi) is 5.67. The molecule has 2 N–H and O–H groups in total. The number of azide groups is 1. The van der Waals surface area contributed by atoms with E-state index in [1.165, 1.54) is 0 Å². The first kappa shape index (κ1) is 17.1. The van der Waals surface area contributed by atoms with Crippen LogP contribution >= 0.6 is 0 Å². The standard InChI is InChI=1S/C6H11N3O9S2/c7-9-8-5-3-16-4(2-17-19(10,11)12)1-6(5)18-20(13,14)15/h4-6H,1-3H2,(H,10,11,12)(H,13,14,15). The molecule has 1 aliphatic rings. The minimum Gasteiger partial charge on any atom is -0.375 e. The van der Waals surface area contributed by atoms with Gasteiger partial charge in [-0.25, -0.2) is 8.37 Å². The molecule has 3 unspecified atom stereocenters. The van der Waals surface area contributed by atoms with Gasteiger partial charge in [0.05, 0.1) is 31.5 Å². The van der Waals surface area contributed by atoms with Crippen LogP contribution < -0.4 is 0 Å². The highest BCUT2D eigenvalue weighted by atomic mass is 32.3. The van der Waals surface area contributed by atoms with Crippen LogP contribution in [0, 0.1) is 0 Å². The second-order valence-corrected chi connectivity index (χ2v) is 5.88. The van der Waals surface area contributed by atoms with Crippen LogP contribution in [0.25, 0.3) is 10.4 Å². The molecule has 0 aromatic heterocycles. The molecule has 0 amide bonds. The third-order valence-electron chi connectivity index (χ3n) is 2.28. The summed E-state index contributed by atoms with van der Waals surface area (Å²) in [4.78, 5) is 2.47. The third-order valence-corrected chi connectivity index (χ3v) is 3.20. The van der Waals surface area contributed by atoms with E-state index in [9.17, 15) is 16.8 Å². The van der Waals surface area contributed by atoms with E-state index in [1.807, 2.05) is 0 Å². The predicted octanol–water partition coefficient (Wildman–Crippen LogP) is -0.538. The number of hydrogen-bond acceptors (Lipinski definition) is 8. The Morgan fingerprint density at radius 1 is 1.30 bits per heavy atom. The maximum Gasteiger partial charge on any atom is 0.397 e. The number of ether oxygens (including phenoxy) is 1. The average molecular weight is 333 g/mol. The van der Waals surface area contributed by atoms with E-state index >= 15 is 0 Å². The lowest BCUT2D eigenvalue weighted by Gasteiger charge is -2.32. The van der Waals surface area contributed by atoms with Gasteiger partial charge in [0, 0.05) is 11.3 Å². The van der Waals surface area contributed by atoms with Crippen molar-refractivity contribution in [3.05, 3.63) is 10.4 Å². The highest BCUT2D eigenvalue weighted by Crippen LogP contribution is 2.22. The first-order valence-electron chi connectivity index (χ1n) is 5.04. The minimum absolute atomic E-state index is 0.237. The molecule has 0 spiro atoms. The fourth-order valence-corrected chi connectivity index (χ4v) is 2.38. The van der Waals surface area contributed by atoms with Crippen molar-refractivity contribution in [1.29, 1.82) is 0 Å². The molecule has 116 valence electrons. The Labute approximate surface area is 114 Å². The molecule has 0 radical (unpaired) electrons. The van der Waals surface area contributed by atoms with E-state index in [4.69, 9.17) is 19.4 Å². The van der Waals surface area contributed by atoms with Crippen molar-refractivity contribution < 1.29 is 39.0 Å². The fraction of sp³-hybridized carbons (Fsp3) is 1.00. The predicted molar refractivity (Wildman–Crippen MR) is 61.2 cm³/mol. The van der Waals surface area contributed by atoms with E-state index in [2.05, 4.69) is 18.4 Å². The zero-order chi connectivity index (χ0) is 15.4. The summed E-state index contributed by atoms with van der Waals surface area (Å²) in [5.41, 5.74) is 8.31. The van der Waals surface area contributed by atoms with Gasteiger partial charge in [0.2, 0.25) is 0 Å². The van der Waals surface area contributed by atoms with E-state index in [0.717, 1.165) is 0 Å². The lowest BCUT2D eigenvalue weighted by Crippen LogP contribution is -2.44. The van der Waals surface area contributed by atoms with Gasteiger partial charge in [-0.15, -0.1) is 0 Å². The van der Waals surface area contributed by atoms with Crippen LogP contribution in [0.1, 0.15) is 6.42 Å². The van der Waals surface area contributed by atoms with Gasteiger partial charge in [-0.2, -0.15) is 16.8 Å². The smallest absolute Gasteiger partial charge is 0.375 e. The molecule has 0 aliphatic carbocycles. The second kappa shape index (κ2) is 6.64. The van der Waals surface area contributed by atoms with Gasteiger partial charge in [-0.3, -0.25) is 9.11 Å². The van der Waals surface area contributed by atoms with Gasteiger partial charge < -0.3 is 4.74 Å². The zero-order valence-corrected chi connectivity index (χ0v) is 11.4. The molecule has 20 heavy (non-hydrogen) atoms.